The van der Waals surface area contributed by atoms with Gasteiger partial charge in [-0.25, -0.2) is 4.39 Å². The van der Waals surface area contributed by atoms with Crippen LogP contribution < -0.4 is 10.6 Å². The van der Waals surface area contributed by atoms with Gasteiger partial charge in [0.15, 0.2) is 0 Å². The zero-order valence-electron chi connectivity index (χ0n) is 10.4. The second kappa shape index (κ2) is 5.65. The first kappa shape index (κ1) is 12.6. The van der Waals surface area contributed by atoms with Crippen molar-refractivity contribution in [3.05, 3.63) is 59.9 Å². The first-order valence-electron chi connectivity index (χ1n) is 6.06. The maximum atomic E-state index is 12.9. The second-order valence-corrected chi connectivity index (χ2v) is 4.09. The minimum atomic E-state index is -0.217. The van der Waals surface area contributed by atoms with E-state index in [1.165, 1.54) is 12.1 Å². The molecule has 18 heavy (non-hydrogen) atoms. The van der Waals surface area contributed by atoms with E-state index in [0.717, 1.165) is 23.5 Å². The van der Waals surface area contributed by atoms with Gasteiger partial charge in [-0.2, -0.15) is 0 Å². The summed E-state index contributed by atoms with van der Waals surface area (Å²) in [5, 5.41) is 0. The average Bonchev–Trinajstić information content (AvgIpc) is 2.42. The zero-order valence-corrected chi connectivity index (χ0v) is 10.4. The quantitative estimate of drug-likeness (QED) is 0.892. The van der Waals surface area contributed by atoms with Crippen LogP contribution >= 0.6 is 0 Å². The topological polar surface area (TPSA) is 29.3 Å². The third-order valence-electron chi connectivity index (χ3n) is 2.91. The van der Waals surface area contributed by atoms with Gasteiger partial charge in [-0.1, -0.05) is 12.1 Å². The first-order chi connectivity index (χ1) is 8.74. The molecule has 0 aliphatic carbocycles. The van der Waals surface area contributed by atoms with Gasteiger partial charge in [0.2, 0.25) is 0 Å². The lowest BCUT2D eigenvalue weighted by atomic mass is 10.1. The fourth-order valence-corrected chi connectivity index (χ4v) is 1.99. The van der Waals surface area contributed by atoms with E-state index in [2.05, 4.69) is 17.9 Å². The van der Waals surface area contributed by atoms with Gasteiger partial charge < -0.3 is 10.6 Å². The Morgan fingerprint density at radius 3 is 2.39 bits per heavy atom. The Morgan fingerprint density at radius 2 is 1.78 bits per heavy atom. The molecule has 0 amide bonds. The van der Waals surface area contributed by atoms with Crippen LogP contribution in [0.2, 0.25) is 0 Å². The molecule has 94 valence electrons. The highest BCUT2D eigenvalue weighted by Gasteiger charge is 2.07. The van der Waals surface area contributed by atoms with Crippen molar-refractivity contribution in [1.29, 1.82) is 0 Å². The summed E-state index contributed by atoms with van der Waals surface area (Å²) in [6.45, 7) is 3.41. The molecule has 0 aromatic heterocycles. The number of rotatable bonds is 4. The van der Waals surface area contributed by atoms with Crippen molar-refractivity contribution in [2.24, 2.45) is 5.73 Å². The van der Waals surface area contributed by atoms with Gasteiger partial charge in [0.25, 0.3) is 0 Å². The van der Waals surface area contributed by atoms with E-state index in [9.17, 15) is 4.39 Å². The van der Waals surface area contributed by atoms with E-state index in [1.54, 1.807) is 12.1 Å². The molecular formula is C15H17FN2. The van der Waals surface area contributed by atoms with E-state index in [4.69, 9.17) is 5.73 Å². The molecule has 0 fully saturated rings. The summed E-state index contributed by atoms with van der Waals surface area (Å²) in [7, 11) is 0. The molecule has 2 aromatic rings. The number of benzene rings is 2. The second-order valence-electron chi connectivity index (χ2n) is 4.09. The smallest absolute Gasteiger partial charge is 0.123 e. The van der Waals surface area contributed by atoms with Crippen molar-refractivity contribution >= 4 is 11.4 Å². The molecule has 0 saturated heterocycles. The number of nitrogens with two attached hydrogens (primary N) is 1. The SMILES string of the molecule is CCN(c1ccc(F)cc1)c1cccc(CN)c1. The molecule has 0 unspecified atom stereocenters. The highest BCUT2D eigenvalue weighted by Crippen LogP contribution is 2.25. The Balaban J connectivity index is 2.35. The molecule has 0 aliphatic rings. The Bertz CT molecular complexity index is 508. The number of nitrogens with zero attached hydrogens (tertiary/aromatic N) is 1. The lowest BCUT2D eigenvalue weighted by molar-refractivity contribution is 0.628. The first-order valence-corrected chi connectivity index (χ1v) is 6.06. The predicted octanol–water partition coefficient (Wildman–Crippen LogP) is 3.44. The van der Waals surface area contributed by atoms with Gasteiger partial charge in [-0.15, -0.1) is 0 Å². The van der Waals surface area contributed by atoms with E-state index in [-0.39, 0.29) is 5.82 Å². The van der Waals surface area contributed by atoms with Crippen LogP contribution in [0.4, 0.5) is 15.8 Å². The Kier molecular flexibility index (Phi) is 3.95. The third-order valence-corrected chi connectivity index (χ3v) is 2.91. The summed E-state index contributed by atoms with van der Waals surface area (Å²) in [5.74, 6) is -0.217. The summed E-state index contributed by atoms with van der Waals surface area (Å²) in [6.07, 6.45) is 0. The number of hydrogen-bond donors (Lipinski definition) is 1. The molecule has 0 atom stereocenters. The maximum absolute atomic E-state index is 12.9. The number of halogens is 1. The van der Waals surface area contributed by atoms with Crippen LogP contribution in [-0.2, 0) is 6.54 Å². The molecule has 0 radical (unpaired) electrons. The van der Waals surface area contributed by atoms with Gasteiger partial charge in [0.1, 0.15) is 5.82 Å². The molecule has 2 rings (SSSR count). The van der Waals surface area contributed by atoms with Crippen molar-refractivity contribution in [2.45, 2.75) is 13.5 Å². The highest BCUT2D eigenvalue weighted by molar-refractivity contribution is 5.63. The van der Waals surface area contributed by atoms with Crippen LogP contribution in [0, 0.1) is 5.82 Å². The Hall–Kier alpha value is -1.87. The molecular weight excluding hydrogens is 227 g/mol. The molecule has 0 saturated carbocycles. The van der Waals surface area contributed by atoms with Crippen molar-refractivity contribution in [1.82, 2.24) is 0 Å². The van der Waals surface area contributed by atoms with Crippen LogP contribution in [0.15, 0.2) is 48.5 Å². The largest absolute Gasteiger partial charge is 0.342 e. The van der Waals surface area contributed by atoms with Gasteiger partial charge >= 0.3 is 0 Å². The minimum Gasteiger partial charge on any atom is -0.342 e. The highest BCUT2D eigenvalue weighted by atomic mass is 19.1. The molecule has 2 N–H and O–H groups in total. The van der Waals surface area contributed by atoms with Gasteiger partial charge in [0, 0.05) is 24.5 Å². The van der Waals surface area contributed by atoms with Crippen molar-refractivity contribution in [3.8, 4) is 0 Å². The van der Waals surface area contributed by atoms with Gasteiger partial charge in [-0.05, 0) is 48.9 Å². The number of anilines is 2. The Labute approximate surface area is 107 Å². The number of hydrogen-bond acceptors (Lipinski definition) is 2. The Morgan fingerprint density at radius 1 is 1.06 bits per heavy atom. The molecule has 0 spiro atoms. The standard InChI is InChI=1S/C15H17FN2/c1-2-18(14-8-6-13(16)7-9-14)15-5-3-4-12(10-15)11-17/h3-10H,2,11,17H2,1H3. The molecule has 2 nitrogen and oxygen atoms in total. The molecule has 3 heteroatoms. The average molecular weight is 244 g/mol. The lowest BCUT2D eigenvalue weighted by Gasteiger charge is -2.23. The summed E-state index contributed by atoms with van der Waals surface area (Å²) < 4.78 is 12.9. The van der Waals surface area contributed by atoms with Crippen molar-refractivity contribution < 1.29 is 4.39 Å². The van der Waals surface area contributed by atoms with E-state index >= 15 is 0 Å². The molecule has 0 bridgehead atoms. The van der Waals surface area contributed by atoms with Crippen LogP contribution in [0.25, 0.3) is 0 Å². The van der Waals surface area contributed by atoms with Crippen LogP contribution in [0.1, 0.15) is 12.5 Å². The predicted molar refractivity (Wildman–Crippen MR) is 73.4 cm³/mol. The fourth-order valence-electron chi connectivity index (χ4n) is 1.99. The fraction of sp³-hybridized carbons (Fsp3) is 0.200. The lowest BCUT2D eigenvalue weighted by Crippen LogP contribution is -2.16. The normalized spacial score (nSPS) is 10.4. The molecule has 0 aliphatic heterocycles. The van der Waals surface area contributed by atoms with E-state index in [1.807, 2.05) is 18.2 Å². The van der Waals surface area contributed by atoms with Gasteiger partial charge in [0.05, 0.1) is 0 Å². The minimum absolute atomic E-state index is 0.217. The van der Waals surface area contributed by atoms with Crippen LogP contribution in [0.3, 0.4) is 0 Å². The van der Waals surface area contributed by atoms with Gasteiger partial charge in [-0.3, -0.25) is 0 Å². The van der Waals surface area contributed by atoms with E-state index < -0.39 is 0 Å². The summed E-state index contributed by atoms with van der Waals surface area (Å²) in [5.41, 5.74) is 8.80. The molecule has 0 heterocycles. The van der Waals surface area contributed by atoms with Crippen molar-refractivity contribution in [3.63, 3.8) is 0 Å². The molecule has 2 aromatic carbocycles. The maximum Gasteiger partial charge on any atom is 0.123 e. The summed E-state index contributed by atoms with van der Waals surface area (Å²) in [6, 6.07) is 14.6. The van der Waals surface area contributed by atoms with Crippen molar-refractivity contribution in [2.75, 3.05) is 11.4 Å². The summed E-state index contributed by atoms with van der Waals surface area (Å²) >= 11 is 0. The monoisotopic (exact) mass is 244 g/mol. The van der Waals surface area contributed by atoms with E-state index in [0.29, 0.717) is 6.54 Å². The van der Waals surface area contributed by atoms with Crippen LogP contribution in [0.5, 0.6) is 0 Å². The summed E-state index contributed by atoms with van der Waals surface area (Å²) in [4.78, 5) is 2.12. The third kappa shape index (κ3) is 2.68. The van der Waals surface area contributed by atoms with Crippen LogP contribution in [-0.4, -0.2) is 6.54 Å². The zero-order chi connectivity index (χ0) is 13.0.